The van der Waals surface area contributed by atoms with E-state index >= 15 is 0 Å². The van der Waals surface area contributed by atoms with Crippen molar-refractivity contribution in [2.24, 2.45) is 0 Å². The summed E-state index contributed by atoms with van der Waals surface area (Å²) in [5, 5.41) is 5.94. The van der Waals surface area contributed by atoms with Crippen molar-refractivity contribution in [1.82, 2.24) is 15.0 Å². The quantitative estimate of drug-likeness (QED) is 0.648. The first kappa shape index (κ1) is 17.2. The molecule has 0 N–H and O–H groups in total. The van der Waals surface area contributed by atoms with Gasteiger partial charge in [0.05, 0.1) is 25.0 Å². The number of thiophene rings is 1. The van der Waals surface area contributed by atoms with Crippen molar-refractivity contribution in [3.8, 4) is 16.5 Å². The molecule has 0 fully saturated rings. The maximum Gasteiger partial charge on any atom is 0.246 e. The van der Waals surface area contributed by atoms with Crippen LogP contribution in [0.25, 0.3) is 10.7 Å². The van der Waals surface area contributed by atoms with Gasteiger partial charge < -0.3 is 14.2 Å². The minimum absolute atomic E-state index is 0.0172. The maximum absolute atomic E-state index is 12.5. The van der Waals surface area contributed by atoms with E-state index in [1.54, 1.807) is 23.3 Å². The summed E-state index contributed by atoms with van der Waals surface area (Å²) >= 11 is 1.55. The summed E-state index contributed by atoms with van der Waals surface area (Å²) in [7, 11) is 1.62. The second-order valence-electron chi connectivity index (χ2n) is 5.42. The molecule has 130 valence electrons. The molecule has 0 unspecified atom stereocenters. The van der Waals surface area contributed by atoms with E-state index < -0.39 is 0 Å². The Hall–Kier alpha value is -2.67. The zero-order chi connectivity index (χ0) is 17.6. The zero-order valence-electron chi connectivity index (χ0n) is 14.1. The van der Waals surface area contributed by atoms with Gasteiger partial charge in [-0.3, -0.25) is 4.79 Å². The molecular formula is C18H19N3O3S. The molecular weight excluding hydrogens is 338 g/mol. The summed E-state index contributed by atoms with van der Waals surface area (Å²) in [4.78, 5) is 19.6. The third kappa shape index (κ3) is 4.24. The highest BCUT2D eigenvalue weighted by molar-refractivity contribution is 7.13. The maximum atomic E-state index is 12.5. The molecule has 0 saturated carbocycles. The number of aromatic nitrogens is 2. The number of carbonyl (C=O) groups excluding carboxylic acids is 1. The first-order chi connectivity index (χ1) is 12.2. The van der Waals surface area contributed by atoms with E-state index in [0.717, 1.165) is 16.2 Å². The lowest BCUT2D eigenvalue weighted by molar-refractivity contribution is -0.131. The first-order valence-corrected chi connectivity index (χ1v) is 8.84. The molecule has 2 aromatic heterocycles. The molecule has 0 saturated heterocycles. The second-order valence-corrected chi connectivity index (χ2v) is 6.37. The Morgan fingerprint density at radius 1 is 1.28 bits per heavy atom. The standard InChI is InChI=1S/C18H19N3O3S/c1-3-21(17(22)11-13-6-8-14(23-2)9-7-13)12-16-19-18(20-24-16)15-5-4-10-25-15/h4-10H,3,11-12H2,1-2H3. The number of amides is 1. The molecule has 7 heteroatoms. The van der Waals surface area contributed by atoms with Crippen LogP contribution < -0.4 is 4.74 Å². The van der Waals surface area contributed by atoms with Crippen molar-refractivity contribution in [2.45, 2.75) is 19.9 Å². The third-order valence-electron chi connectivity index (χ3n) is 3.78. The Labute approximate surface area is 150 Å². The number of benzene rings is 1. The van der Waals surface area contributed by atoms with Gasteiger partial charge in [-0.1, -0.05) is 23.4 Å². The van der Waals surface area contributed by atoms with Crippen LogP contribution in [0.2, 0.25) is 0 Å². The molecule has 25 heavy (non-hydrogen) atoms. The Balaban J connectivity index is 1.64. The van der Waals surface area contributed by atoms with E-state index in [9.17, 15) is 4.79 Å². The predicted octanol–water partition coefficient (Wildman–Crippen LogP) is 3.40. The van der Waals surface area contributed by atoms with E-state index in [1.807, 2.05) is 48.7 Å². The summed E-state index contributed by atoms with van der Waals surface area (Å²) in [5.74, 6) is 1.79. The van der Waals surface area contributed by atoms with Crippen LogP contribution in [-0.4, -0.2) is 34.6 Å². The lowest BCUT2D eigenvalue weighted by atomic mass is 10.1. The van der Waals surface area contributed by atoms with Crippen molar-refractivity contribution >= 4 is 17.2 Å². The highest BCUT2D eigenvalue weighted by atomic mass is 32.1. The van der Waals surface area contributed by atoms with Gasteiger partial charge in [-0.2, -0.15) is 4.98 Å². The summed E-state index contributed by atoms with van der Waals surface area (Å²) in [6.45, 7) is 2.82. The number of carbonyl (C=O) groups is 1. The third-order valence-corrected chi connectivity index (χ3v) is 4.65. The molecule has 0 aliphatic carbocycles. The molecule has 2 heterocycles. The van der Waals surface area contributed by atoms with Crippen LogP contribution in [0.1, 0.15) is 18.4 Å². The van der Waals surface area contributed by atoms with Crippen molar-refractivity contribution in [3.63, 3.8) is 0 Å². The van der Waals surface area contributed by atoms with Gasteiger partial charge in [0.2, 0.25) is 17.6 Å². The molecule has 0 radical (unpaired) electrons. The minimum atomic E-state index is 0.0172. The molecule has 3 rings (SSSR count). The van der Waals surface area contributed by atoms with Crippen LogP contribution in [0, 0.1) is 0 Å². The van der Waals surface area contributed by atoms with Crippen LogP contribution in [0.15, 0.2) is 46.3 Å². The molecule has 0 bridgehead atoms. The average Bonchev–Trinajstić information content (AvgIpc) is 3.31. The second kappa shape index (κ2) is 7.94. The normalized spacial score (nSPS) is 10.6. The number of likely N-dealkylation sites (N-methyl/N-ethyl adjacent to an activating group) is 1. The van der Waals surface area contributed by atoms with Crippen molar-refractivity contribution in [2.75, 3.05) is 13.7 Å². The molecule has 1 aromatic carbocycles. The number of rotatable bonds is 7. The van der Waals surface area contributed by atoms with Crippen molar-refractivity contribution in [3.05, 3.63) is 53.2 Å². The van der Waals surface area contributed by atoms with Crippen LogP contribution >= 0.6 is 11.3 Å². The van der Waals surface area contributed by atoms with Gasteiger partial charge in [0.25, 0.3) is 0 Å². The molecule has 3 aromatic rings. The van der Waals surface area contributed by atoms with Gasteiger partial charge in [-0.05, 0) is 36.1 Å². The van der Waals surface area contributed by atoms with Gasteiger partial charge >= 0.3 is 0 Å². The first-order valence-electron chi connectivity index (χ1n) is 7.96. The van der Waals surface area contributed by atoms with Gasteiger partial charge in [-0.15, -0.1) is 11.3 Å². The molecule has 0 aliphatic heterocycles. The van der Waals surface area contributed by atoms with Crippen LogP contribution in [0.4, 0.5) is 0 Å². The molecule has 0 spiro atoms. The zero-order valence-corrected chi connectivity index (χ0v) is 15.0. The topological polar surface area (TPSA) is 68.5 Å². The van der Waals surface area contributed by atoms with E-state index in [0.29, 0.717) is 31.2 Å². The smallest absolute Gasteiger partial charge is 0.246 e. The fraction of sp³-hybridized carbons (Fsp3) is 0.278. The van der Waals surface area contributed by atoms with Crippen molar-refractivity contribution < 1.29 is 14.1 Å². The highest BCUT2D eigenvalue weighted by Crippen LogP contribution is 2.21. The van der Waals surface area contributed by atoms with Gasteiger partial charge in [-0.25, -0.2) is 0 Å². The SMILES string of the molecule is CCN(Cc1nc(-c2cccs2)no1)C(=O)Cc1ccc(OC)cc1. The minimum Gasteiger partial charge on any atom is -0.497 e. The number of methoxy groups -OCH3 is 1. The molecule has 6 nitrogen and oxygen atoms in total. The summed E-state index contributed by atoms with van der Waals surface area (Å²) < 4.78 is 10.4. The fourth-order valence-corrected chi connectivity index (χ4v) is 3.04. The Bertz CT molecular complexity index is 812. The Morgan fingerprint density at radius 3 is 2.72 bits per heavy atom. The number of ether oxygens (including phenoxy) is 1. The van der Waals surface area contributed by atoms with Crippen LogP contribution in [0.5, 0.6) is 5.75 Å². The lowest BCUT2D eigenvalue weighted by Gasteiger charge is -2.18. The van der Waals surface area contributed by atoms with E-state index in [2.05, 4.69) is 10.1 Å². The Kier molecular flexibility index (Phi) is 5.45. The Morgan fingerprint density at radius 2 is 2.08 bits per heavy atom. The summed E-state index contributed by atoms with van der Waals surface area (Å²) in [6, 6.07) is 11.4. The van der Waals surface area contributed by atoms with Crippen molar-refractivity contribution in [1.29, 1.82) is 0 Å². The fourth-order valence-electron chi connectivity index (χ4n) is 2.39. The van der Waals surface area contributed by atoms with Gasteiger partial charge in [0.15, 0.2) is 0 Å². The monoisotopic (exact) mass is 357 g/mol. The number of nitrogens with zero attached hydrogens (tertiary/aromatic N) is 3. The van der Waals surface area contributed by atoms with Crippen LogP contribution in [0.3, 0.4) is 0 Å². The van der Waals surface area contributed by atoms with E-state index in [4.69, 9.17) is 9.26 Å². The summed E-state index contributed by atoms with van der Waals surface area (Å²) in [5.41, 5.74) is 0.939. The van der Waals surface area contributed by atoms with Gasteiger partial charge in [0.1, 0.15) is 5.75 Å². The average molecular weight is 357 g/mol. The van der Waals surface area contributed by atoms with E-state index in [-0.39, 0.29) is 5.91 Å². The lowest BCUT2D eigenvalue weighted by Crippen LogP contribution is -2.31. The number of hydrogen-bond donors (Lipinski definition) is 0. The molecule has 0 atom stereocenters. The largest absolute Gasteiger partial charge is 0.497 e. The van der Waals surface area contributed by atoms with E-state index in [1.165, 1.54) is 0 Å². The summed E-state index contributed by atoms with van der Waals surface area (Å²) in [6.07, 6.45) is 0.323. The molecule has 1 amide bonds. The highest BCUT2D eigenvalue weighted by Gasteiger charge is 2.17. The van der Waals surface area contributed by atoms with Gasteiger partial charge in [0, 0.05) is 6.54 Å². The predicted molar refractivity (Wildman–Crippen MR) is 95.4 cm³/mol. The number of hydrogen-bond acceptors (Lipinski definition) is 6. The van der Waals surface area contributed by atoms with Crippen LogP contribution in [-0.2, 0) is 17.8 Å². The molecule has 0 aliphatic rings.